The zero-order valence-corrected chi connectivity index (χ0v) is 34.0. The average Bonchev–Trinajstić information content (AvgIpc) is 3.18. The number of hydrogen-bond acceptors (Lipinski definition) is 2. The van der Waals surface area contributed by atoms with Crippen LogP contribution in [0, 0.1) is 0 Å². The van der Waals surface area contributed by atoms with Crippen molar-refractivity contribution in [3.8, 4) is 0 Å². The van der Waals surface area contributed by atoms with E-state index in [1.807, 2.05) is 0 Å². The largest absolute Gasteiger partial charge is 0.399 e. The second kappa shape index (κ2) is 24.7. The molecule has 4 rings (SSSR count). The van der Waals surface area contributed by atoms with E-state index in [-0.39, 0.29) is 0 Å². The lowest BCUT2D eigenvalue weighted by molar-refractivity contribution is 0.564. The number of nitrogens with two attached hydrogens (primary N) is 2. The normalized spacial score (nSPS) is 13.2. The van der Waals surface area contributed by atoms with Gasteiger partial charge in [0.15, 0.2) is 0 Å². The molecular formula is C51H74N2. The van der Waals surface area contributed by atoms with Crippen molar-refractivity contribution in [2.75, 3.05) is 11.5 Å². The highest BCUT2D eigenvalue weighted by atomic mass is 14.5. The highest BCUT2D eigenvalue weighted by Gasteiger charge is 2.20. The summed E-state index contributed by atoms with van der Waals surface area (Å²) in [6.07, 6.45) is 27.4. The molecule has 0 bridgehead atoms. The van der Waals surface area contributed by atoms with E-state index in [2.05, 4.69) is 118 Å². The van der Waals surface area contributed by atoms with Gasteiger partial charge in [-0.05, 0) is 76.9 Å². The van der Waals surface area contributed by atoms with Crippen LogP contribution in [-0.2, 0) is 0 Å². The molecule has 0 heterocycles. The van der Waals surface area contributed by atoms with E-state index in [4.69, 9.17) is 11.5 Å². The second-order valence-corrected chi connectivity index (χ2v) is 16.0. The summed E-state index contributed by atoms with van der Waals surface area (Å²) in [5.74, 6) is 1.22. The molecule has 0 fully saturated rings. The van der Waals surface area contributed by atoms with Gasteiger partial charge in [0.2, 0.25) is 0 Å². The van der Waals surface area contributed by atoms with Gasteiger partial charge in [-0.2, -0.15) is 0 Å². The zero-order valence-electron chi connectivity index (χ0n) is 34.0. The molecule has 2 atom stereocenters. The van der Waals surface area contributed by atoms with E-state index in [9.17, 15) is 0 Å². The average molecular weight is 715 g/mol. The van der Waals surface area contributed by atoms with Crippen LogP contribution < -0.4 is 11.5 Å². The van der Waals surface area contributed by atoms with Gasteiger partial charge in [-0.25, -0.2) is 0 Å². The minimum absolute atomic E-state index is 0.407. The monoisotopic (exact) mass is 715 g/mol. The molecule has 53 heavy (non-hydrogen) atoms. The summed E-state index contributed by atoms with van der Waals surface area (Å²) in [5.41, 5.74) is 22.4. The minimum atomic E-state index is 0.407. The Labute approximate surface area is 325 Å². The van der Waals surface area contributed by atoms with Crippen molar-refractivity contribution < 1.29 is 0 Å². The molecule has 2 nitrogen and oxygen atoms in total. The summed E-state index contributed by atoms with van der Waals surface area (Å²) in [4.78, 5) is 0. The van der Waals surface area contributed by atoms with E-state index in [0.717, 1.165) is 11.4 Å². The van der Waals surface area contributed by atoms with Crippen LogP contribution in [0.3, 0.4) is 0 Å². The van der Waals surface area contributed by atoms with Gasteiger partial charge in [-0.15, -0.1) is 0 Å². The number of nitrogen functional groups attached to an aromatic ring is 2. The fourth-order valence-corrected chi connectivity index (χ4v) is 8.34. The van der Waals surface area contributed by atoms with Crippen molar-refractivity contribution in [3.05, 3.63) is 130 Å². The van der Waals surface area contributed by atoms with Crippen LogP contribution in [0.2, 0.25) is 0 Å². The number of rotatable bonds is 27. The van der Waals surface area contributed by atoms with E-state index in [1.165, 1.54) is 168 Å². The number of anilines is 2. The van der Waals surface area contributed by atoms with Crippen LogP contribution in [0.1, 0.15) is 207 Å². The predicted molar refractivity (Wildman–Crippen MR) is 234 cm³/mol. The van der Waals surface area contributed by atoms with E-state index in [0.29, 0.717) is 17.8 Å². The predicted octanol–water partition coefficient (Wildman–Crippen LogP) is 15.5. The van der Waals surface area contributed by atoms with Crippen LogP contribution in [0.15, 0.2) is 97.1 Å². The SMILES string of the molecule is CCCCCCCCC(c1ccc(N)cc1)c1ccc(C(CCCCCCCC)c2ccc(C(CCCCCCCC)c3ccc(N)cc3)cc2)cc1. The van der Waals surface area contributed by atoms with Gasteiger partial charge < -0.3 is 11.5 Å². The quantitative estimate of drug-likeness (QED) is 0.0477. The first-order valence-corrected chi connectivity index (χ1v) is 21.9. The lowest BCUT2D eigenvalue weighted by Crippen LogP contribution is -2.06. The van der Waals surface area contributed by atoms with Crippen molar-refractivity contribution in [2.24, 2.45) is 0 Å². The molecule has 0 aromatic heterocycles. The molecule has 2 heteroatoms. The highest BCUT2D eigenvalue weighted by molar-refractivity contribution is 5.45. The molecular weight excluding hydrogens is 641 g/mol. The number of unbranched alkanes of at least 4 members (excludes halogenated alkanes) is 15. The zero-order chi connectivity index (χ0) is 37.5. The summed E-state index contributed by atoms with van der Waals surface area (Å²) in [6, 6.07) is 36.8. The Kier molecular flexibility index (Phi) is 19.7. The van der Waals surface area contributed by atoms with Gasteiger partial charge in [0.05, 0.1) is 0 Å². The van der Waals surface area contributed by atoms with Gasteiger partial charge >= 0.3 is 0 Å². The molecule has 0 aliphatic carbocycles. The smallest absolute Gasteiger partial charge is 0.0314 e. The van der Waals surface area contributed by atoms with Crippen LogP contribution in [0.25, 0.3) is 0 Å². The molecule has 0 saturated carbocycles. The Bertz CT molecular complexity index is 1380. The Morgan fingerprint density at radius 1 is 0.283 bits per heavy atom. The summed E-state index contributed by atoms with van der Waals surface area (Å²) in [7, 11) is 0. The van der Waals surface area contributed by atoms with Gasteiger partial charge in [-0.1, -0.05) is 209 Å². The summed E-state index contributed by atoms with van der Waals surface area (Å²) < 4.78 is 0. The lowest BCUT2D eigenvalue weighted by Gasteiger charge is -2.23. The minimum Gasteiger partial charge on any atom is -0.399 e. The van der Waals surface area contributed by atoms with Crippen LogP contribution in [-0.4, -0.2) is 0 Å². The maximum Gasteiger partial charge on any atom is 0.0314 e. The van der Waals surface area contributed by atoms with Gasteiger partial charge in [0, 0.05) is 29.1 Å². The molecule has 0 spiro atoms. The Balaban J connectivity index is 1.55. The fraction of sp³-hybridized carbons (Fsp3) is 0.529. The highest BCUT2D eigenvalue weighted by Crippen LogP contribution is 2.37. The third kappa shape index (κ3) is 14.7. The van der Waals surface area contributed by atoms with Crippen LogP contribution >= 0.6 is 0 Å². The maximum absolute atomic E-state index is 6.11. The molecule has 0 saturated heterocycles. The Morgan fingerprint density at radius 3 is 0.698 bits per heavy atom. The van der Waals surface area contributed by atoms with Crippen LogP contribution in [0.4, 0.5) is 11.4 Å². The second-order valence-electron chi connectivity index (χ2n) is 16.0. The van der Waals surface area contributed by atoms with Gasteiger partial charge in [-0.3, -0.25) is 0 Å². The van der Waals surface area contributed by atoms with E-state index < -0.39 is 0 Å². The maximum atomic E-state index is 6.11. The summed E-state index contributed by atoms with van der Waals surface area (Å²) >= 11 is 0. The molecule has 2 unspecified atom stereocenters. The van der Waals surface area contributed by atoms with Crippen molar-refractivity contribution in [3.63, 3.8) is 0 Å². The van der Waals surface area contributed by atoms with E-state index >= 15 is 0 Å². The standard InChI is InChI=1S/C51H74N2/c1-4-7-10-13-16-19-22-49(41-25-29-43(30-26-41)50(23-20-17-14-11-8-5-2)45-33-37-47(52)38-34-45)42-27-31-44(32-28-42)51(24-21-18-15-12-9-6-3)46-35-39-48(53)40-36-46/h25-40,49-51H,4-24,52-53H2,1-3H3. The van der Waals surface area contributed by atoms with Gasteiger partial charge in [0.25, 0.3) is 0 Å². The molecule has 0 radical (unpaired) electrons. The molecule has 4 N–H and O–H groups in total. The van der Waals surface area contributed by atoms with Gasteiger partial charge in [0.1, 0.15) is 0 Å². The topological polar surface area (TPSA) is 52.0 Å². The van der Waals surface area contributed by atoms with Crippen molar-refractivity contribution >= 4 is 11.4 Å². The Hall–Kier alpha value is -3.52. The molecule has 0 amide bonds. The molecule has 288 valence electrons. The third-order valence-corrected chi connectivity index (χ3v) is 11.7. The molecule has 4 aromatic carbocycles. The molecule has 4 aromatic rings. The third-order valence-electron chi connectivity index (χ3n) is 11.7. The summed E-state index contributed by atoms with van der Waals surface area (Å²) in [5, 5.41) is 0. The molecule has 0 aliphatic rings. The summed E-state index contributed by atoms with van der Waals surface area (Å²) in [6.45, 7) is 6.90. The van der Waals surface area contributed by atoms with Crippen molar-refractivity contribution in [1.29, 1.82) is 0 Å². The van der Waals surface area contributed by atoms with Crippen molar-refractivity contribution in [1.82, 2.24) is 0 Å². The number of benzene rings is 4. The fourth-order valence-electron chi connectivity index (χ4n) is 8.34. The van der Waals surface area contributed by atoms with E-state index in [1.54, 1.807) is 0 Å². The van der Waals surface area contributed by atoms with Crippen molar-refractivity contribution in [2.45, 2.75) is 173 Å². The first kappa shape index (κ1) is 42.2. The first-order chi connectivity index (χ1) is 26.0. The first-order valence-electron chi connectivity index (χ1n) is 21.9. The number of hydrogen-bond donors (Lipinski definition) is 2. The molecule has 0 aliphatic heterocycles. The van der Waals surface area contributed by atoms with Crippen LogP contribution in [0.5, 0.6) is 0 Å². The Morgan fingerprint density at radius 2 is 0.472 bits per heavy atom. The lowest BCUT2D eigenvalue weighted by atomic mass is 9.81.